The van der Waals surface area contributed by atoms with Gasteiger partial charge in [-0.25, -0.2) is 4.90 Å². The van der Waals surface area contributed by atoms with Crippen molar-refractivity contribution in [1.29, 1.82) is 0 Å². The maximum Gasteiger partial charge on any atom is 0.308 e. The summed E-state index contributed by atoms with van der Waals surface area (Å²) in [7, 11) is 3.90. The lowest BCUT2D eigenvalue weighted by molar-refractivity contribution is -0.122. The highest BCUT2D eigenvalue weighted by molar-refractivity contribution is 8.00. The number of thioether (sulfide) groups is 1. The van der Waals surface area contributed by atoms with E-state index in [-0.39, 0.29) is 29.1 Å². The molecule has 0 saturated carbocycles. The van der Waals surface area contributed by atoms with E-state index in [2.05, 4.69) is 5.32 Å². The smallest absolute Gasteiger partial charge is 0.308 e. The van der Waals surface area contributed by atoms with E-state index in [1.165, 1.54) is 21.2 Å². The Kier molecular flexibility index (Phi) is 7.10. The monoisotopic (exact) mass is 620 g/mol. The first-order chi connectivity index (χ1) is 21.3. The van der Waals surface area contributed by atoms with Crippen molar-refractivity contribution < 1.29 is 14.4 Å². The molecule has 10 heteroatoms. The molecule has 2 aliphatic rings. The quantitative estimate of drug-likeness (QED) is 0.250. The lowest BCUT2D eigenvalue weighted by Crippen LogP contribution is -2.33. The van der Waals surface area contributed by atoms with Crippen LogP contribution in [0.15, 0.2) is 107 Å². The zero-order chi connectivity index (χ0) is 30.5. The number of nitrogens with one attached hydrogen (secondary N) is 1. The Bertz CT molecular complexity index is 1980. The maximum absolute atomic E-state index is 14.0. The van der Waals surface area contributed by atoms with Gasteiger partial charge in [-0.1, -0.05) is 83.8 Å². The lowest BCUT2D eigenvalue weighted by Gasteiger charge is -2.31. The Morgan fingerprint density at radius 3 is 2.27 bits per heavy atom. The van der Waals surface area contributed by atoms with Gasteiger partial charge in [0.05, 0.1) is 16.6 Å². The number of fused-ring (bicyclic) bond motifs is 3. The Hall–Kier alpha value is -4.67. The summed E-state index contributed by atoms with van der Waals surface area (Å²) in [6.07, 6.45) is 0. The average molecular weight is 621 g/mol. The van der Waals surface area contributed by atoms with Crippen LogP contribution in [0, 0.1) is 5.92 Å². The van der Waals surface area contributed by atoms with Crippen LogP contribution in [0.2, 0.25) is 0 Å². The van der Waals surface area contributed by atoms with Gasteiger partial charge in [0.15, 0.2) is 0 Å². The summed E-state index contributed by atoms with van der Waals surface area (Å²) in [5, 5.41) is 4.80. The summed E-state index contributed by atoms with van der Waals surface area (Å²) < 4.78 is 1.45. The lowest BCUT2D eigenvalue weighted by atomic mass is 9.83. The van der Waals surface area contributed by atoms with Crippen molar-refractivity contribution >= 4 is 68.7 Å². The molecule has 44 heavy (non-hydrogen) atoms. The number of benzene rings is 4. The van der Waals surface area contributed by atoms with Gasteiger partial charge >= 0.3 is 4.87 Å². The number of carbonyl (C=O) groups excluding carboxylic acids is 3. The molecule has 3 amide bonds. The van der Waals surface area contributed by atoms with Gasteiger partial charge in [-0.2, -0.15) is 0 Å². The number of carbonyl (C=O) groups is 3. The molecule has 5 aromatic rings. The van der Waals surface area contributed by atoms with Gasteiger partial charge < -0.3 is 10.2 Å². The van der Waals surface area contributed by atoms with Crippen molar-refractivity contribution in [3.8, 4) is 0 Å². The standard InChI is InChI=1S/C34H28N4O4S2/c1-36(2)24-16-13-21(14-17-24)27-28-29(32(41)38(31(28)40)25-10-4-3-5-11-25)43-33-30(27)44-34(42)37(33)19-26(39)35-23-15-12-20-8-6-7-9-22(20)18-23/h3-18,27-29H,19H2,1-2H3,(H,35,39)/t27-,28-,29+/m0/s1. The van der Waals surface area contributed by atoms with Crippen LogP contribution >= 0.6 is 23.1 Å². The van der Waals surface area contributed by atoms with Gasteiger partial charge in [0.25, 0.3) is 0 Å². The fourth-order valence-corrected chi connectivity index (χ4v) is 8.81. The Labute approximate surface area is 261 Å². The second kappa shape index (κ2) is 11.1. The number of amides is 3. The first-order valence-corrected chi connectivity index (χ1v) is 15.9. The molecule has 4 aromatic carbocycles. The van der Waals surface area contributed by atoms with Crippen LogP contribution in [0.1, 0.15) is 16.4 Å². The molecule has 1 saturated heterocycles. The summed E-state index contributed by atoms with van der Waals surface area (Å²) in [5.74, 6) is -2.16. The Balaban J connectivity index is 1.26. The molecule has 2 aliphatic heterocycles. The van der Waals surface area contributed by atoms with E-state index in [0.29, 0.717) is 21.3 Å². The summed E-state index contributed by atoms with van der Waals surface area (Å²) in [6, 6.07) is 30.3. The van der Waals surface area contributed by atoms with Crippen LogP contribution < -0.4 is 20.0 Å². The molecule has 7 rings (SSSR count). The van der Waals surface area contributed by atoms with Crippen molar-refractivity contribution in [1.82, 2.24) is 4.57 Å². The van der Waals surface area contributed by atoms with E-state index in [4.69, 9.17) is 0 Å². The van der Waals surface area contributed by atoms with E-state index < -0.39 is 17.1 Å². The van der Waals surface area contributed by atoms with Gasteiger partial charge in [-0.15, -0.1) is 0 Å². The second-order valence-corrected chi connectivity index (χ2v) is 13.2. The van der Waals surface area contributed by atoms with Crippen LogP contribution in [0.5, 0.6) is 0 Å². The predicted molar refractivity (Wildman–Crippen MR) is 176 cm³/mol. The van der Waals surface area contributed by atoms with E-state index in [1.54, 1.807) is 24.3 Å². The minimum absolute atomic E-state index is 0.210. The van der Waals surface area contributed by atoms with Crippen molar-refractivity contribution in [3.63, 3.8) is 0 Å². The number of para-hydroxylation sites is 1. The predicted octanol–water partition coefficient (Wildman–Crippen LogP) is 5.56. The van der Waals surface area contributed by atoms with Crippen molar-refractivity contribution in [2.24, 2.45) is 5.92 Å². The first-order valence-electron chi connectivity index (χ1n) is 14.2. The molecular formula is C34H28N4O4S2. The number of thiazole rings is 1. The van der Waals surface area contributed by atoms with Crippen molar-refractivity contribution in [3.05, 3.63) is 117 Å². The fourth-order valence-electron chi connectivity index (χ4n) is 6.04. The third-order valence-corrected chi connectivity index (χ3v) is 10.8. The minimum Gasteiger partial charge on any atom is -0.378 e. The number of rotatable bonds is 6. The van der Waals surface area contributed by atoms with Crippen LogP contribution in [0.3, 0.4) is 0 Å². The number of hydrogen-bond donors (Lipinski definition) is 1. The molecule has 0 unspecified atom stereocenters. The molecule has 0 spiro atoms. The largest absolute Gasteiger partial charge is 0.378 e. The molecule has 3 heterocycles. The minimum atomic E-state index is -0.738. The summed E-state index contributed by atoms with van der Waals surface area (Å²) in [4.78, 5) is 58.3. The summed E-state index contributed by atoms with van der Waals surface area (Å²) in [6.45, 7) is -0.210. The zero-order valence-electron chi connectivity index (χ0n) is 24.0. The van der Waals surface area contributed by atoms with E-state index in [0.717, 1.165) is 33.4 Å². The zero-order valence-corrected chi connectivity index (χ0v) is 25.6. The van der Waals surface area contributed by atoms with Gasteiger partial charge in [0.2, 0.25) is 17.7 Å². The Morgan fingerprint density at radius 2 is 1.55 bits per heavy atom. The molecule has 1 fully saturated rings. The molecule has 0 radical (unpaired) electrons. The topological polar surface area (TPSA) is 91.7 Å². The van der Waals surface area contributed by atoms with Crippen LogP contribution in [0.25, 0.3) is 10.8 Å². The summed E-state index contributed by atoms with van der Waals surface area (Å²) in [5.41, 5.74) is 2.99. The molecule has 1 N–H and O–H groups in total. The van der Waals surface area contributed by atoms with Crippen LogP contribution in [-0.4, -0.2) is 41.6 Å². The van der Waals surface area contributed by atoms with E-state index >= 15 is 0 Å². The van der Waals surface area contributed by atoms with E-state index in [1.807, 2.05) is 91.8 Å². The third-order valence-electron chi connectivity index (χ3n) is 8.17. The van der Waals surface area contributed by atoms with Crippen LogP contribution in [0.4, 0.5) is 17.1 Å². The fraction of sp³-hybridized carbons (Fsp3) is 0.176. The number of aromatic nitrogens is 1. The molecular weight excluding hydrogens is 593 g/mol. The average Bonchev–Trinajstić information content (AvgIpc) is 3.47. The number of imide groups is 1. The van der Waals surface area contributed by atoms with Crippen molar-refractivity contribution in [2.75, 3.05) is 29.2 Å². The molecule has 1 aromatic heterocycles. The van der Waals surface area contributed by atoms with E-state index in [9.17, 15) is 19.2 Å². The second-order valence-electron chi connectivity index (χ2n) is 11.1. The summed E-state index contributed by atoms with van der Waals surface area (Å²) >= 11 is 2.26. The van der Waals surface area contributed by atoms with Crippen LogP contribution in [-0.2, 0) is 20.9 Å². The molecule has 3 atom stereocenters. The highest BCUT2D eigenvalue weighted by Crippen LogP contribution is 2.54. The molecule has 0 bridgehead atoms. The number of hydrogen-bond acceptors (Lipinski definition) is 7. The van der Waals surface area contributed by atoms with Gasteiger partial charge in [-0.3, -0.25) is 23.7 Å². The number of nitrogens with zero attached hydrogens (tertiary/aromatic N) is 3. The normalized spacial score (nSPS) is 19.1. The Morgan fingerprint density at radius 1 is 0.841 bits per heavy atom. The first kappa shape index (κ1) is 28.1. The van der Waals surface area contributed by atoms with Gasteiger partial charge in [-0.05, 0) is 52.7 Å². The highest BCUT2D eigenvalue weighted by Gasteiger charge is 2.56. The SMILES string of the molecule is CN(C)c1ccc([C@@H]2c3sc(=O)n(CC(=O)Nc4ccc5ccccc5c4)c3S[C@H]3C(=O)N(c4ccccc4)C(=O)[C@@H]23)cc1. The highest BCUT2D eigenvalue weighted by atomic mass is 32.2. The van der Waals surface area contributed by atoms with Gasteiger partial charge in [0, 0.05) is 36.3 Å². The third kappa shape index (κ3) is 4.80. The van der Waals surface area contributed by atoms with Gasteiger partial charge in [0.1, 0.15) is 11.8 Å². The molecule has 8 nitrogen and oxygen atoms in total. The molecule has 0 aliphatic carbocycles. The molecule has 220 valence electrons. The number of anilines is 3. The van der Waals surface area contributed by atoms with Crippen molar-refractivity contribution in [2.45, 2.75) is 22.7 Å². The maximum atomic E-state index is 14.0.